The van der Waals surface area contributed by atoms with Crippen molar-refractivity contribution in [2.75, 3.05) is 0 Å². The van der Waals surface area contributed by atoms with E-state index in [1.165, 1.54) is 0 Å². The second-order valence-electron chi connectivity index (χ2n) is 4.81. The third-order valence-electron chi connectivity index (χ3n) is 3.07. The first kappa shape index (κ1) is 16.0. The van der Waals surface area contributed by atoms with Gasteiger partial charge in [0.1, 0.15) is 12.4 Å². The first-order valence-electron chi connectivity index (χ1n) is 6.29. The van der Waals surface area contributed by atoms with E-state index in [0.717, 1.165) is 10.0 Å². The third-order valence-corrected chi connectivity index (χ3v) is 5.06. The van der Waals surface area contributed by atoms with Crippen molar-refractivity contribution in [3.8, 4) is 5.75 Å². The number of primary sulfonamides is 1. The highest BCUT2D eigenvalue weighted by atomic mass is 79.9. The van der Waals surface area contributed by atoms with Crippen LogP contribution in [0.25, 0.3) is 0 Å². The van der Waals surface area contributed by atoms with Gasteiger partial charge in [-0.1, -0.05) is 34.1 Å². The van der Waals surface area contributed by atoms with Gasteiger partial charge in [-0.2, -0.15) is 0 Å². The number of aryl methyl sites for hydroxylation is 2. The fourth-order valence-corrected chi connectivity index (χ4v) is 3.63. The van der Waals surface area contributed by atoms with E-state index in [1.807, 2.05) is 24.3 Å². The second kappa shape index (κ2) is 6.17. The Balaban J connectivity index is 2.25. The summed E-state index contributed by atoms with van der Waals surface area (Å²) >= 11 is 3.46. The maximum Gasteiger partial charge on any atom is 0.238 e. The molecule has 0 aliphatic carbocycles. The van der Waals surface area contributed by atoms with Crippen molar-refractivity contribution in [1.29, 1.82) is 0 Å². The van der Waals surface area contributed by atoms with E-state index in [1.54, 1.807) is 26.0 Å². The Hall–Kier alpha value is -1.37. The Labute approximate surface area is 133 Å². The van der Waals surface area contributed by atoms with Gasteiger partial charge in [-0.05, 0) is 43.2 Å². The Morgan fingerprint density at radius 3 is 2.24 bits per heavy atom. The van der Waals surface area contributed by atoms with Crippen LogP contribution in [-0.4, -0.2) is 8.42 Å². The van der Waals surface area contributed by atoms with Crippen LogP contribution in [0.15, 0.2) is 45.8 Å². The minimum Gasteiger partial charge on any atom is -0.489 e. The molecule has 4 nitrogen and oxygen atoms in total. The standard InChI is InChI=1S/C15H16BrNO3S/c1-10-7-13(8-11(2)15(10)21(17,18)19)20-9-12-5-3-4-6-14(12)16/h3-8H,9H2,1-2H3,(H2,17,18,19). The molecule has 0 spiro atoms. The Bertz CT molecular complexity index is 749. The molecule has 0 radical (unpaired) electrons. The number of ether oxygens (including phenoxy) is 1. The summed E-state index contributed by atoms with van der Waals surface area (Å²) in [5.41, 5.74) is 2.18. The summed E-state index contributed by atoms with van der Waals surface area (Å²) in [7, 11) is -3.72. The van der Waals surface area contributed by atoms with E-state index in [4.69, 9.17) is 9.88 Å². The number of nitrogens with two attached hydrogens (primary N) is 1. The van der Waals surface area contributed by atoms with Crippen LogP contribution in [0.3, 0.4) is 0 Å². The maximum absolute atomic E-state index is 11.5. The minimum absolute atomic E-state index is 0.163. The lowest BCUT2D eigenvalue weighted by molar-refractivity contribution is 0.305. The Kier molecular flexibility index (Phi) is 4.70. The summed E-state index contributed by atoms with van der Waals surface area (Å²) < 4.78 is 29.8. The van der Waals surface area contributed by atoms with Crippen LogP contribution in [0, 0.1) is 13.8 Å². The highest BCUT2D eigenvalue weighted by molar-refractivity contribution is 9.10. The second-order valence-corrected chi connectivity index (χ2v) is 7.16. The molecule has 0 heterocycles. The van der Waals surface area contributed by atoms with Crippen LogP contribution in [0.2, 0.25) is 0 Å². The van der Waals surface area contributed by atoms with Crippen molar-refractivity contribution in [2.45, 2.75) is 25.3 Å². The molecule has 0 saturated carbocycles. The van der Waals surface area contributed by atoms with Crippen molar-refractivity contribution in [3.05, 3.63) is 57.6 Å². The molecule has 0 aliphatic rings. The molecular weight excluding hydrogens is 354 g/mol. The van der Waals surface area contributed by atoms with Gasteiger partial charge in [0.05, 0.1) is 4.90 Å². The molecule has 0 aromatic heterocycles. The molecule has 6 heteroatoms. The van der Waals surface area contributed by atoms with E-state index >= 15 is 0 Å². The zero-order valence-electron chi connectivity index (χ0n) is 11.8. The molecule has 2 N–H and O–H groups in total. The SMILES string of the molecule is Cc1cc(OCc2ccccc2Br)cc(C)c1S(N)(=O)=O. The van der Waals surface area contributed by atoms with E-state index in [9.17, 15) is 8.42 Å². The summed E-state index contributed by atoms with van der Waals surface area (Å²) in [6.45, 7) is 3.81. The molecule has 112 valence electrons. The third kappa shape index (κ3) is 3.84. The summed E-state index contributed by atoms with van der Waals surface area (Å²) in [4.78, 5) is 0.163. The quantitative estimate of drug-likeness (QED) is 0.898. The van der Waals surface area contributed by atoms with Gasteiger partial charge in [-0.25, -0.2) is 13.6 Å². The van der Waals surface area contributed by atoms with Gasteiger partial charge < -0.3 is 4.74 Å². The molecule has 0 atom stereocenters. The molecule has 0 saturated heterocycles. The molecule has 0 unspecified atom stereocenters. The fraction of sp³-hybridized carbons (Fsp3) is 0.200. The number of halogens is 1. The first-order chi connectivity index (χ1) is 9.79. The average molecular weight is 370 g/mol. The molecule has 2 aromatic carbocycles. The van der Waals surface area contributed by atoms with Crippen LogP contribution in [-0.2, 0) is 16.6 Å². The number of hydrogen-bond acceptors (Lipinski definition) is 3. The summed E-state index contributed by atoms with van der Waals surface area (Å²) in [5.74, 6) is 0.619. The van der Waals surface area contributed by atoms with Crippen molar-refractivity contribution in [3.63, 3.8) is 0 Å². The zero-order chi connectivity index (χ0) is 15.6. The van der Waals surface area contributed by atoms with Gasteiger partial charge in [-0.3, -0.25) is 0 Å². The van der Waals surface area contributed by atoms with Crippen LogP contribution < -0.4 is 9.88 Å². The smallest absolute Gasteiger partial charge is 0.238 e. The van der Waals surface area contributed by atoms with Crippen LogP contribution in [0.5, 0.6) is 5.75 Å². The van der Waals surface area contributed by atoms with E-state index < -0.39 is 10.0 Å². The molecular formula is C15H16BrNO3S. The van der Waals surface area contributed by atoms with Gasteiger partial charge in [0.25, 0.3) is 0 Å². The molecule has 0 fully saturated rings. The van der Waals surface area contributed by atoms with Gasteiger partial charge in [0, 0.05) is 10.0 Å². The lowest BCUT2D eigenvalue weighted by Gasteiger charge is -2.12. The Morgan fingerprint density at radius 2 is 1.71 bits per heavy atom. The number of sulfonamides is 1. The normalized spacial score (nSPS) is 11.4. The number of hydrogen-bond donors (Lipinski definition) is 1. The van der Waals surface area contributed by atoms with Gasteiger partial charge in [-0.15, -0.1) is 0 Å². The van der Waals surface area contributed by atoms with Crippen LogP contribution >= 0.6 is 15.9 Å². The number of rotatable bonds is 4. The van der Waals surface area contributed by atoms with E-state index in [-0.39, 0.29) is 4.90 Å². The molecule has 0 aliphatic heterocycles. The van der Waals surface area contributed by atoms with Crippen LogP contribution in [0.4, 0.5) is 0 Å². The zero-order valence-corrected chi connectivity index (χ0v) is 14.2. The lowest BCUT2D eigenvalue weighted by Crippen LogP contribution is -2.15. The Morgan fingerprint density at radius 1 is 1.14 bits per heavy atom. The first-order valence-corrected chi connectivity index (χ1v) is 8.63. The molecule has 0 amide bonds. The van der Waals surface area contributed by atoms with Crippen molar-refractivity contribution in [1.82, 2.24) is 0 Å². The summed E-state index contributed by atoms with van der Waals surface area (Å²) in [5, 5.41) is 5.22. The number of benzene rings is 2. The summed E-state index contributed by atoms with van der Waals surface area (Å²) in [6.07, 6.45) is 0. The monoisotopic (exact) mass is 369 g/mol. The van der Waals surface area contributed by atoms with E-state index in [0.29, 0.717) is 23.5 Å². The lowest BCUT2D eigenvalue weighted by atomic mass is 10.1. The largest absolute Gasteiger partial charge is 0.489 e. The maximum atomic E-state index is 11.5. The highest BCUT2D eigenvalue weighted by Gasteiger charge is 2.16. The summed E-state index contributed by atoms with van der Waals surface area (Å²) in [6, 6.07) is 11.1. The average Bonchev–Trinajstić information content (AvgIpc) is 2.35. The molecule has 21 heavy (non-hydrogen) atoms. The topological polar surface area (TPSA) is 69.4 Å². The van der Waals surface area contributed by atoms with Crippen molar-refractivity contribution < 1.29 is 13.2 Å². The van der Waals surface area contributed by atoms with Gasteiger partial charge in [0.2, 0.25) is 10.0 Å². The minimum atomic E-state index is -3.72. The predicted molar refractivity (Wildman–Crippen MR) is 85.8 cm³/mol. The van der Waals surface area contributed by atoms with E-state index in [2.05, 4.69) is 15.9 Å². The molecule has 2 aromatic rings. The highest BCUT2D eigenvalue weighted by Crippen LogP contribution is 2.26. The van der Waals surface area contributed by atoms with Crippen molar-refractivity contribution >= 4 is 26.0 Å². The molecule has 0 bridgehead atoms. The van der Waals surface area contributed by atoms with Crippen LogP contribution in [0.1, 0.15) is 16.7 Å². The van der Waals surface area contributed by atoms with Crippen molar-refractivity contribution in [2.24, 2.45) is 5.14 Å². The predicted octanol–water partition coefficient (Wildman–Crippen LogP) is 3.29. The molecule has 2 rings (SSSR count). The van der Waals surface area contributed by atoms with Gasteiger partial charge in [0.15, 0.2) is 0 Å². The van der Waals surface area contributed by atoms with Gasteiger partial charge >= 0.3 is 0 Å². The fourth-order valence-electron chi connectivity index (χ4n) is 2.22.